The van der Waals surface area contributed by atoms with Crippen molar-refractivity contribution in [1.29, 1.82) is 0 Å². The number of rotatable bonds is 1. The van der Waals surface area contributed by atoms with Gasteiger partial charge in [0, 0.05) is 17.1 Å². The van der Waals surface area contributed by atoms with Gasteiger partial charge in [0.2, 0.25) is 0 Å². The molecule has 0 bridgehead atoms. The van der Waals surface area contributed by atoms with Crippen LogP contribution in [-0.4, -0.2) is 4.98 Å². The van der Waals surface area contributed by atoms with E-state index >= 15 is 0 Å². The highest BCUT2D eigenvalue weighted by Gasteiger charge is 2.28. The maximum atomic E-state index is 6.31. The van der Waals surface area contributed by atoms with Crippen LogP contribution in [0.1, 0.15) is 67.3 Å². The van der Waals surface area contributed by atoms with Gasteiger partial charge >= 0.3 is 0 Å². The lowest BCUT2D eigenvalue weighted by Crippen LogP contribution is -2.11. The zero-order chi connectivity index (χ0) is 17.2. The van der Waals surface area contributed by atoms with Crippen LogP contribution in [0.25, 0.3) is 0 Å². The van der Waals surface area contributed by atoms with Crippen LogP contribution >= 0.6 is 11.6 Å². The molecule has 0 fully saturated rings. The van der Waals surface area contributed by atoms with E-state index in [-0.39, 0.29) is 0 Å². The second-order valence-corrected chi connectivity index (χ2v) is 8.13. The van der Waals surface area contributed by atoms with Crippen molar-refractivity contribution in [3.8, 4) is 0 Å². The number of aromatic nitrogens is 1. The van der Waals surface area contributed by atoms with Crippen LogP contribution in [0.2, 0.25) is 5.02 Å². The fraction of sp³-hybridized carbons (Fsp3) is 0.435. The number of aryl methyl sites for hydroxylation is 2. The summed E-state index contributed by atoms with van der Waals surface area (Å²) in [7, 11) is 0. The molecule has 4 rings (SSSR count). The smallest absolute Gasteiger partial charge is 0.0551 e. The second kappa shape index (κ2) is 7.33. The summed E-state index contributed by atoms with van der Waals surface area (Å²) in [4.78, 5) is 4.86. The predicted octanol–water partition coefficient (Wildman–Crippen LogP) is 6.49. The van der Waals surface area contributed by atoms with Crippen molar-refractivity contribution in [1.82, 2.24) is 4.98 Å². The minimum atomic E-state index is 0.302. The maximum absolute atomic E-state index is 6.31. The van der Waals surface area contributed by atoms with E-state index in [1.54, 1.807) is 5.57 Å². The third-order valence-corrected chi connectivity index (χ3v) is 6.08. The number of pyridine rings is 1. The van der Waals surface area contributed by atoms with E-state index in [1.807, 2.05) is 12.3 Å². The molecule has 0 radical (unpaired) electrons. The molecule has 0 spiro atoms. The lowest BCUT2D eigenvalue weighted by atomic mass is 9.80. The fourth-order valence-corrected chi connectivity index (χ4v) is 4.64. The molecule has 2 heteroatoms. The van der Waals surface area contributed by atoms with Gasteiger partial charge < -0.3 is 0 Å². The summed E-state index contributed by atoms with van der Waals surface area (Å²) in [5, 5.41) is 0.844. The van der Waals surface area contributed by atoms with Gasteiger partial charge in [-0.05, 0) is 72.9 Å². The topological polar surface area (TPSA) is 12.9 Å². The number of allylic oxidation sites excluding steroid dienone is 2. The monoisotopic (exact) mass is 351 g/mol. The largest absolute Gasteiger partial charge is 0.260 e. The zero-order valence-corrected chi connectivity index (χ0v) is 15.7. The van der Waals surface area contributed by atoms with Crippen LogP contribution in [0.5, 0.6) is 0 Å². The van der Waals surface area contributed by atoms with Crippen molar-refractivity contribution >= 4 is 11.6 Å². The normalized spacial score (nSPS) is 25.6. The van der Waals surface area contributed by atoms with Crippen molar-refractivity contribution in [3.05, 3.63) is 75.6 Å². The zero-order valence-electron chi connectivity index (χ0n) is 15.0. The Morgan fingerprint density at radius 3 is 2.84 bits per heavy atom. The summed E-state index contributed by atoms with van der Waals surface area (Å²) in [6, 6.07) is 10.8. The van der Waals surface area contributed by atoms with Crippen molar-refractivity contribution in [2.24, 2.45) is 5.92 Å². The van der Waals surface area contributed by atoms with Gasteiger partial charge in [-0.3, -0.25) is 4.98 Å². The van der Waals surface area contributed by atoms with Gasteiger partial charge in [0.1, 0.15) is 0 Å². The van der Waals surface area contributed by atoms with Crippen LogP contribution in [0, 0.1) is 5.92 Å². The Morgan fingerprint density at radius 2 is 1.92 bits per heavy atom. The number of hydrogen-bond donors (Lipinski definition) is 0. The predicted molar refractivity (Wildman–Crippen MR) is 105 cm³/mol. The van der Waals surface area contributed by atoms with Crippen molar-refractivity contribution in [3.63, 3.8) is 0 Å². The van der Waals surface area contributed by atoms with Gasteiger partial charge in [0.05, 0.1) is 5.69 Å². The first-order chi connectivity index (χ1) is 12.2. The van der Waals surface area contributed by atoms with Crippen molar-refractivity contribution in [2.45, 2.75) is 57.8 Å². The number of fused-ring (bicyclic) bond motifs is 2. The number of halogens is 1. The first kappa shape index (κ1) is 16.8. The first-order valence-corrected chi connectivity index (χ1v) is 10.0. The summed E-state index contributed by atoms with van der Waals surface area (Å²) >= 11 is 6.31. The summed E-state index contributed by atoms with van der Waals surface area (Å²) in [6.07, 6.45) is 13.0. The molecule has 2 atom stereocenters. The molecule has 1 nitrogen and oxygen atoms in total. The molecule has 1 aromatic carbocycles. The molecule has 2 aliphatic carbocycles. The average Bonchev–Trinajstić information content (AvgIpc) is 2.76. The molecule has 130 valence electrons. The lowest BCUT2D eigenvalue weighted by Gasteiger charge is -2.25. The highest BCUT2D eigenvalue weighted by atomic mass is 35.5. The minimum Gasteiger partial charge on any atom is -0.260 e. The van der Waals surface area contributed by atoms with E-state index in [1.165, 1.54) is 54.5 Å². The van der Waals surface area contributed by atoms with E-state index in [0.29, 0.717) is 5.92 Å². The standard InChI is InChI=1S/C23H26ClN/c1-16-5-2-3-6-17(9-8-16)22-21-13-12-20(24)15-19(21)11-10-18-7-4-14-25-23(18)22/h4,7,9,12-16,22H,2-3,5-6,8,10-11H2,1H3/b17-9+. The Kier molecular flexibility index (Phi) is 4.94. The minimum absolute atomic E-state index is 0.302. The van der Waals surface area contributed by atoms with Gasteiger partial charge in [-0.15, -0.1) is 0 Å². The molecule has 0 N–H and O–H groups in total. The van der Waals surface area contributed by atoms with Crippen LogP contribution in [0.3, 0.4) is 0 Å². The molecule has 25 heavy (non-hydrogen) atoms. The third-order valence-electron chi connectivity index (χ3n) is 5.84. The van der Waals surface area contributed by atoms with Gasteiger partial charge in [0.15, 0.2) is 0 Å². The number of benzene rings is 1. The van der Waals surface area contributed by atoms with E-state index in [9.17, 15) is 0 Å². The summed E-state index contributed by atoms with van der Waals surface area (Å²) in [5.41, 5.74) is 7.05. The van der Waals surface area contributed by atoms with E-state index in [2.05, 4.69) is 37.3 Å². The summed E-state index contributed by atoms with van der Waals surface area (Å²) in [5.74, 6) is 1.09. The molecule has 2 aliphatic rings. The van der Waals surface area contributed by atoms with Gasteiger partial charge in [0.25, 0.3) is 0 Å². The Hall–Kier alpha value is -1.60. The molecule has 0 aliphatic heterocycles. The van der Waals surface area contributed by atoms with Crippen LogP contribution in [0.4, 0.5) is 0 Å². The highest BCUT2D eigenvalue weighted by Crippen LogP contribution is 2.41. The average molecular weight is 352 g/mol. The lowest BCUT2D eigenvalue weighted by molar-refractivity contribution is 0.485. The highest BCUT2D eigenvalue weighted by molar-refractivity contribution is 6.30. The molecule has 0 saturated carbocycles. The molecule has 1 aromatic heterocycles. The quantitative estimate of drug-likeness (QED) is 0.535. The van der Waals surface area contributed by atoms with Crippen molar-refractivity contribution < 1.29 is 0 Å². The van der Waals surface area contributed by atoms with E-state index in [4.69, 9.17) is 16.6 Å². The first-order valence-electron chi connectivity index (χ1n) is 9.63. The van der Waals surface area contributed by atoms with Gasteiger partial charge in [-0.2, -0.15) is 0 Å². The Morgan fingerprint density at radius 1 is 1.04 bits per heavy atom. The molecule has 1 heterocycles. The Bertz CT molecular complexity index is 792. The SMILES string of the molecule is CC1C/C=C(/C2c3ccc(Cl)cc3CCc3cccnc32)CCCC1. The van der Waals surface area contributed by atoms with Crippen molar-refractivity contribution in [2.75, 3.05) is 0 Å². The third kappa shape index (κ3) is 3.53. The molecular weight excluding hydrogens is 326 g/mol. The van der Waals surface area contributed by atoms with E-state index < -0.39 is 0 Å². The van der Waals surface area contributed by atoms with Crippen LogP contribution in [0.15, 0.2) is 48.2 Å². The van der Waals surface area contributed by atoms with Crippen LogP contribution < -0.4 is 0 Å². The van der Waals surface area contributed by atoms with Gasteiger partial charge in [-0.25, -0.2) is 0 Å². The van der Waals surface area contributed by atoms with Gasteiger partial charge in [-0.1, -0.05) is 55.1 Å². The molecule has 2 aromatic rings. The molecule has 0 amide bonds. The molecule has 2 unspecified atom stereocenters. The molecule has 0 saturated heterocycles. The molecular formula is C23H26ClN. The van der Waals surface area contributed by atoms with Crippen LogP contribution in [-0.2, 0) is 12.8 Å². The Labute approximate surface area is 156 Å². The summed E-state index contributed by atoms with van der Waals surface area (Å²) < 4.78 is 0. The second-order valence-electron chi connectivity index (χ2n) is 7.69. The summed E-state index contributed by atoms with van der Waals surface area (Å²) in [6.45, 7) is 2.38. The fourth-order valence-electron chi connectivity index (χ4n) is 4.44. The number of nitrogens with zero attached hydrogens (tertiary/aromatic N) is 1. The van der Waals surface area contributed by atoms with E-state index in [0.717, 1.165) is 23.8 Å². The Balaban J connectivity index is 1.85. The number of hydrogen-bond acceptors (Lipinski definition) is 1. The maximum Gasteiger partial charge on any atom is 0.0551 e.